The summed E-state index contributed by atoms with van der Waals surface area (Å²) >= 11 is 0. The minimum atomic E-state index is 0.331. The molecule has 1 spiro atoms. The molecule has 3 aliphatic rings. The molecule has 1 unspecified atom stereocenters. The Morgan fingerprint density at radius 3 is 2.56 bits per heavy atom. The summed E-state index contributed by atoms with van der Waals surface area (Å²) in [5.41, 5.74) is 0.946. The average molecular weight is 251 g/mol. The van der Waals surface area contributed by atoms with Crippen molar-refractivity contribution < 1.29 is 4.74 Å². The number of rotatable bonds is 6. The molecule has 104 valence electrons. The highest BCUT2D eigenvalue weighted by molar-refractivity contribution is 5.00. The van der Waals surface area contributed by atoms with E-state index >= 15 is 0 Å². The third kappa shape index (κ3) is 2.75. The van der Waals surface area contributed by atoms with Crippen molar-refractivity contribution in [3.05, 3.63) is 0 Å². The fourth-order valence-corrected chi connectivity index (χ4v) is 4.07. The van der Waals surface area contributed by atoms with Crippen LogP contribution >= 0.6 is 0 Å². The fourth-order valence-electron chi connectivity index (χ4n) is 4.07. The van der Waals surface area contributed by atoms with Crippen LogP contribution in [0.2, 0.25) is 0 Å². The van der Waals surface area contributed by atoms with E-state index < -0.39 is 0 Å². The van der Waals surface area contributed by atoms with Crippen LogP contribution in [0, 0.1) is 5.41 Å². The lowest BCUT2D eigenvalue weighted by Crippen LogP contribution is -2.30. The Hall–Kier alpha value is -0.0800. The van der Waals surface area contributed by atoms with Gasteiger partial charge in [-0.1, -0.05) is 19.8 Å². The Morgan fingerprint density at radius 1 is 1.11 bits per heavy atom. The molecule has 2 saturated carbocycles. The minimum Gasteiger partial charge on any atom is -0.372 e. The maximum absolute atomic E-state index is 6.46. The van der Waals surface area contributed by atoms with Gasteiger partial charge in [0.05, 0.1) is 11.7 Å². The van der Waals surface area contributed by atoms with E-state index in [1.54, 1.807) is 0 Å². The van der Waals surface area contributed by atoms with Crippen molar-refractivity contribution in [1.29, 1.82) is 0 Å². The Bertz CT molecular complexity index is 279. The fraction of sp³-hybridized carbons (Fsp3) is 1.00. The van der Waals surface area contributed by atoms with Crippen molar-refractivity contribution in [1.82, 2.24) is 5.32 Å². The molecule has 2 aliphatic carbocycles. The summed E-state index contributed by atoms with van der Waals surface area (Å²) in [6, 6.07) is 0. The second-order valence-corrected chi connectivity index (χ2v) is 7.05. The van der Waals surface area contributed by atoms with Gasteiger partial charge in [-0.25, -0.2) is 0 Å². The predicted molar refractivity (Wildman–Crippen MR) is 74.8 cm³/mol. The zero-order chi connectivity index (χ0) is 12.5. The quantitative estimate of drug-likeness (QED) is 0.728. The van der Waals surface area contributed by atoms with Crippen molar-refractivity contribution in [3.8, 4) is 0 Å². The first-order chi connectivity index (χ1) is 8.76. The van der Waals surface area contributed by atoms with Crippen LogP contribution < -0.4 is 5.32 Å². The molecule has 18 heavy (non-hydrogen) atoms. The van der Waals surface area contributed by atoms with Crippen LogP contribution in [0.1, 0.15) is 71.1 Å². The summed E-state index contributed by atoms with van der Waals surface area (Å²) in [6.45, 7) is 4.65. The van der Waals surface area contributed by atoms with Crippen molar-refractivity contribution in [3.63, 3.8) is 0 Å². The lowest BCUT2D eigenvalue weighted by Gasteiger charge is -2.26. The first-order valence-electron chi connectivity index (χ1n) is 8.15. The average Bonchev–Trinajstić information content (AvgIpc) is 2.82. The van der Waals surface area contributed by atoms with Gasteiger partial charge in [0.15, 0.2) is 0 Å². The van der Waals surface area contributed by atoms with E-state index in [9.17, 15) is 0 Å². The van der Waals surface area contributed by atoms with E-state index in [-0.39, 0.29) is 0 Å². The minimum absolute atomic E-state index is 0.331. The molecule has 1 saturated heterocycles. The van der Waals surface area contributed by atoms with Crippen LogP contribution in [-0.2, 0) is 4.74 Å². The molecule has 2 nitrogen and oxygen atoms in total. The third-order valence-corrected chi connectivity index (χ3v) is 5.40. The normalized spacial score (nSPS) is 32.2. The standard InChI is InChI=1S/C16H29NO/c1-2-11-17-13-15(9-10-15)12-14-5-8-16(18-14)6-3-4-7-16/h14,17H,2-13H2,1H3. The van der Waals surface area contributed by atoms with E-state index in [0.717, 1.165) is 0 Å². The molecule has 1 N–H and O–H groups in total. The van der Waals surface area contributed by atoms with Gasteiger partial charge in [0, 0.05) is 6.54 Å². The van der Waals surface area contributed by atoms with Gasteiger partial charge in [-0.3, -0.25) is 0 Å². The van der Waals surface area contributed by atoms with Gasteiger partial charge in [-0.15, -0.1) is 0 Å². The monoisotopic (exact) mass is 251 g/mol. The van der Waals surface area contributed by atoms with Crippen LogP contribution in [0.3, 0.4) is 0 Å². The van der Waals surface area contributed by atoms with E-state index in [2.05, 4.69) is 12.2 Å². The second-order valence-electron chi connectivity index (χ2n) is 7.05. The van der Waals surface area contributed by atoms with Crippen LogP contribution in [0.4, 0.5) is 0 Å². The second kappa shape index (κ2) is 5.13. The molecule has 3 fully saturated rings. The van der Waals surface area contributed by atoms with Gasteiger partial charge in [-0.2, -0.15) is 0 Å². The first kappa shape index (κ1) is 12.9. The lowest BCUT2D eigenvalue weighted by atomic mass is 9.94. The lowest BCUT2D eigenvalue weighted by molar-refractivity contribution is -0.0457. The number of hydrogen-bond acceptors (Lipinski definition) is 2. The van der Waals surface area contributed by atoms with E-state index in [1.807, 2.05) is 0 Å². The molecule has 0 bridgehead atoms. The van der Waals surface area contributed by atoms with Gasteiger partial charge in [0.2, 0.25) is 0 Å². The van der Waals surface area contributed by atoms with Gasteiger partial charge in [0.1, 0.15) is 0 Å². The molecular weight excluding hydrogens is 222 g/mol. The zero-order valence-electron chi connectivity index (χ0n) is 12.0. The molecule has 0 aromatic carbocycles. The topological polar surface area (TPSA) is 21.3 Å². The highest BCUT2D eigenvalue weighted by atomic mass is 16.5. The van der Waals surface area contributed by atoms with Gasteiger partial charge in [-0.05, 0) is 63.3 Å². The Morgan fingerprint density at radius 2 is 1.89 bits per heavy atom. The number of ether oxygens (including phenoxy) is 1. The Kier molecular flexibility index (Phi) is 3.68. The van der Waals surface area contributed by atoms with Crippen LogP contribution in [0.15, 0.2) is 0 Å². The molecule has 0 radical (unpaired) electrons. The van der Waals surface area contributed by atoms with Crippen LogP contribution in [0.5, 0.6) is 0 Å². The Labute approximate surface area is 112 Å². The maximum atomic E-state index is 6.46. The molecular formula is C16H29NO. The van der Waals surface area contributed by atoms with Gasteiger partial charge >= 0.3 is 0 Å². The predicted octanol–water partition coefficient (Wildman–Crippen LogP) is 3.65. The van der Waals surface area contributed by atoms with Crippen molar-refractivity contribution in [2.24, 2.45) is 5.41 Å². The summed E-state index contributed by atoms with van der Waals surface area (Å²) in [5.74, 6) is 0. The SMILES string of the molecule is CCCNCC1(CC2CCC3(CCCC3)O2)CC1. The summed E-state index contributed by atoms with van der Waals surface area (Å²) in [5, 5.41) is 3.62. The zero-order valence-corrected chi connectivity index (χ0v) is 12.0. The number of nitrogens with one attached hydrogen (secondary N) is 1. The molecule has 1 heterocycles. The Balaban J connectivity index is 1.46. The highest BCUT2D eigenvalue weighted by Gasteiger charge is 2.48. The highest BCUT2D eigenvalue weighted by Crippen LogP contribution is 2.53. The smallest absolute Gasteiger partial charge is 0.0687 e. The summed E-state index contributed by atoms with van der Waals surface area (Å²) in [6.07, 6.45) is 14.2. The molecule has 2 heteroatoms. The number of hydrogen-bond donors (Lipinski definition) is 1. The van der Waals surface area contributed by atoms with Crippen molar-refractivity contribution in [2.45, 2.75) is 82.8 Å². The molecule has 1 atom stereocenters. The van der Waals surface area contributed by atoms with E-state index in [0.29, 0.717) is 17.1 Å². The first-order valence-corrected chi connectivity index (χ1v) is 8.15. The van der Waals surface area contributed by atoms with Crippen molar-refractivity contribution in [2.75, 3.05) is 13.1 Å². The maximum Gasteiger partial charge on any atom is 0.0687 e. The molecule has 0 aromatic rings. The largest absolute Gasteiger partial charge is 0.372 e. The molecule has 0 aromatic heterocycles. The molecule has 1 aliphatic heterocycles. The van der Waals surface area contributed by atoms with Crippen LogP contribution in [0.25, 0.3) is 0 Å². The summed E-state index contributed by atoms with van der Waals surface area (Å²) < 4.78 is 6.46. The molecule has 0 amide bonds. The van der Waals surface area contributed by atoms with E-state index in [1.165, 1.54) is 77.3 Å². The van der Waals surface area contributed by atoms with Gasteiger partial charge < -0.3 is 10.1 Å². The summed E-state index contributed by atoms with van der Waals surface area (Å²) in [4.78, 5) is 0. The van der Waals surface area contributed by atoms with E-state index in [4.69, 9.17) is 4.74 Å². The summed E-state index contributed by atoms with van der Waals surface area (Å²) in [7, 11) is 0. The third-order valence-electron chi connectivity index (χ3n) is 5.40. The molecule has 3 rings (SSSR count). The van der Waals surface area contributed by atoms with Gasteiger partial charge in [0.25, 0.3) is 0 Å². The van der Waals surface area contributed by atoms with Crippen molar-refractivity contribution >= 4 is 0 Å². The van der Waals surface area contributed by atoms with Crippen LogP contribution in [-0.4, -0.2) is 24.8 Å².